The number of phenolic OH excluding ortho intramolecular Hbond substituents is 1. The lowest BCUT2D eigenvalue weighted by molar-refractivity contribution is 0.473. The molecule has 0 radical (unpaired) electrons. The molecule has 1 aromatic carbocycles. The number of H-pyrrole nitrogens is 2. The van der Waals surface area contributed by atoms with Crippen LogP contribution < -0.4 is 11.2 Å². The van der Waals surface area contributed by atoms with Crippen LogP contribution in [-0.4, -0.2) is 15.1 Å². The second-order valence-electron chi connectivity index (χ2n) is 3.55. The summed E-state index contributed by atoms with van der Waals surface area (Å²) in [5.74, 6) is -0.180. The van der Waals surface area contributed by atoms with Crippen LogP contribution in [-0.2, 0) is 0 Å². The van der Waals surface area contributed by atoms with Crippen molar-refractivity contribution in [3.63, 3.8) is 0 Å². The minimum atomic E-state index is -0.809. The van der Waals surface area contributed by atoms with Gasteiger partial charge in [-0.05, 0) is 28.1 Å². The monoisotopic (exact) mass is 385 g/mol. The van der Waals surface area contributed by atoms with Gasteiger partial charge in [0.15, 0.2) is 0 Å². The Kier molecular flexibility index (Phi) is 3.59. The number of aromatic amines is 2. The zero-order chi connectivity index (χ0) is 14.2. The van der Waals surface area contributed by atoms with Gasteiger partial charge in [-0.1, -0.05) is 15.9 Å². The van der Waals surface area contributed by atoms with Gasteiger partial charge in [-0.2, -0.15) is 5.26 Å². The van der Waals surface area contributed by atoms with Crippen LogP contribution in [0.25, 0.3) is 11.3 Å². The Balaban J connectivity index is 2.91. The molecule has 19 heavy (non-hydrogen) atoms. The molecule has 0 bridgehead atoms. The largest absolute Gasteiger partial charge is 0.506 e. The molecule has 0 unspecified atom stereocenters. The number of hydrogen-bond donors (Lipinski definition) is 3. The summed E-state index contributed by atoms with van der Waals surface area (Å²) in [7, 11) is 0. The molecule has 2 aromatic rings. The summed E-state index contributed by atoms with van der Waals surface area (Å²) in [6.07, 6.45) is 0. The standard InChI is InChI=1S/C11H5Br2N3O3/c12-4-1-5(9(17)7(13)2-4)8-6(3-14)10(18)16-11(19)15-8/h1-2,17H,(H2,15,16,18,19). The summed E-state index contributed by atoms with van der Waals surface area (Å²) in [6.45, 7) is 0. The maximum absolute atomic E-state index is 11.5. The van der Waals surface area contributed by atoms with Crippen molar-refractivity contribution in [2.75, 3.05) is 0 Å². The zero-order valence-electron chi connectivity index (χ0n) is 9.12. The summed E-state index contributed by atoms with van der Waals surface area (Å²) in [5.41, 5.74) is -1.71. The topological polar surface area (TPSA) is 110 Å². The maximum atomic E-state index is 11.5. The number of hydrogen-bond acceptors (Lipinski definition) is 4. The maximum Gasteiger partial charge on any atom is 0.326 e. The Morgan fingerprint density at radius 2 is 1.89 bits per heavy atom. The van der Waals surface area contributed by atoms with Crippen LogP contribution in [0.4, 0.5) is 0 Å². The molecule has 0 aliphatic rings. The Bertz CT molecular complexity index is 817. The molecule has 0 aliphatic heterocycles. The fourth-order valence-corrected chi connectivity index (χ4v) is 2.78. The van der Waals surface area contributed by atoms with Gasteiger partial charge in [0.25, 0.3) is 5.56 Å². The van der Waals surface area contributed by atoms with Gasteiger partial charge < -0.3 is 10.1 Å². The number of aromatic hydroxyl groups is 1. The van der Waals surface area contributed by atoms with Gasteiger partial charge in [-0.3, -0.25) is 9.78 Å². The van der Waals surface area contributed by atoms with Crippen molar-refractivity contribution in [1.82, 2.24) is 9.97 Å². The third-order valence-corrected chi connectivity index (χ3v) is 3.41. The minimum absolute atomic E-state index is 0.0317. The van der Waals surface area contributed by atoms with E-state index in [9.17, 15) is 14.7 Å². The molecule has 1 aromatic heterocycles. The normalized spacial score (nSPS) is 10.2. The Morgan fingerprint density at radius 3 is 2.53 bits per heavy atom. The fourth-order valence-electron chi connectivity index (χ4n) is 1.55. The number of nitrogens with one attached hydrogen (secondary N) is 2. The van der Waals surface area contributed by atoms with E-state index in [-0.39, 0.29) is 22.6 Å². The molecule has 8 heteroatoms. The summed E-state index contributed by atoms with van der Waals surface area (Å²) in [4.78, 5) is 27.1. The third-order valence-electron chi connectivity index (χ3n) is 2.35. The lowest BCUT2D eigenvalue weighted by atomic mass is 10.1. The number of nitrogens with zero attached hydrogens (tertiary/aromatic N) is 1. The Morgan fingerprint density at radius 1 is 1.21 bits per heavy atom. The van der Waals surface area contributed by atoms with Crippen molar-refractivity contribution < 1.29 is 5.11 Å². The zero-order valence-corrected chi connectivity index (χ0v) is 12.3. The number of phenols is 1. The van der Waals surface area contributed by atoms with Crippen molar-refractivity contribution in [2.45, 2.75) is 0 Å². The number of aromatic nitrogens is 2. The van der Waals surface area contributed by atoms with E-state index in [4.69, 9.17) is 5.26 Å². The van der Waals surface area contributed by atoms with E-state index >= 15 is 0 Å². The van der Waals surface area contributed by atoms with Crippen LogP contribution in [0.5, 0.6) is 5.75 Å². The van der Waals surface area contributed by atoms with Crippen molar-refractivity contribution >= 4 is 31.9 Å². The van der Waals surface area contributed by atoms with Gasteiger partial charge >= 0.3 is 5.69 Å². The first-order valence-corrected chi connectivity index (χ1v) is 6.47. The van der Waals surface area contributed by atoms with E-state index in [2.05, 4.69) is 36.8 Å². The van der Waals surface area contributed by atoms with Crippen LogP contribution in [0.1, 0.15) is 5.56 Å². The van der Waals surface area contributed by atoms with Gasteiger partial charge in [0.1, 0.15) is 17.4 Å². The SMILES string of the molecule is N#Cc1c(-c2cc(Br)cc(Br)c2O)[nH]c(=O)[nH]c1=O. The van der Waals surface area contributed by atoms with E-state index < -0.39 is 11.2 Å². The first-order valence-electron chi connectivity index (χ1n) is 4.89. The van der Waals surface area contributed by atoms with Gasteiger partial charge in [0, 0.05) is 10.0 Å². The van der Waals surface area contributed by atoms with Crippen molar-refractivity contribution in [3.8, 4) is 23.1 Å². The predicted octanol–water partition coefficient (Wildman–Crippen LogP) is 1.83. The molecule has 0 amide bonds. The quantitative estimate of drug-likeness (QED) is 0.694. The minimum Gasteiger partial charge on any atom is -0.506 e. The van der Waals surface area contributed by atoms with Crippen molar-refractivity contribution in [2.24, 2.45) is 0 Å². The van der Waals surface area contributed by atoms with Gasteiger partial charge in [-0.25, -0.2) is 4.79 Å². The fraction of sp³-hybridized carbons (Fsp3) is 0. The van der Waals surface area contributed by atoms with Gasteiger partial charge in [0.2, 0.25) is 0 Å². The number of rotatable bonds is 1. The number of halogens is 2. The molecule has 0 aliphatic carbocycles. The van der Waals surface area contributed by atoms with Gasteiger partial charge in [0.05, 0.1) is 10.2 Å². The van der Waals surface area contributed by atoms with E-state index in [0.717, 1.165) is 0 Å². The smallest absolute Gasteiger partial charge is 0.326 e. The Labute approximate surface area is 123 Å². The van der Waals surface area contributed by atoms with Crippen LogP contribution in [0.3, 0.4) is 0 Å². The molecule has 0 saturated carbocycles. The molecule has 96 valence electrons. The number of benzene rings is 1. The van der Waals surface area contributed by atoms with Crippen LogP contribution in [0.15, 0.2) is 30.7 Å². The van der Waals surface area contributed by atoms with E-state index in [1.807, 2.05) is 4.98 Å². The first-order chi connectivity index (χ1) is 8.93. The molecular formula is C11H5Br2N3O3. The highest BCUT2D eigenvalue weighted by Gasteiger charge is 2.16. The first kappa shape index (κ1) is 13.6. The van der Waals surface area contributed by atoms with E-state index in [1.54, 1.807) is 12.1 Å². The predicted molar refractivity (Wildman–Crippen MR) is 74.9 cm³/mol. The lowest BCUT2D eigenvalue weighted by Crippen LogP contribution is -2.25. The summed E-state index contributed by atoms with van der Waals surface area (Å²) in [6, 6.07) is 4.79. The molecule has 3 N–H and O–H groups in total. The molecule has 2 rings (SSSR count). The molecule has 6 nitrogen and oxygen atoms in total. The second-order valence-corrected chi connectivity index (χ2v) is 5.32. The molecule has 0 spiro atoms. The molecule has 1 heterocycles. The average Bonchev–Trinajstić information content (AvgIpc) is 2.33. The second kappa shape index (κ2) is 5.03. The average molecular weight is 387 g/mol. The summed E-state index contributed by atoms with van der Waals surface area (Å²) in [5, 5.41) is 18.9. The highest BCUT2D eigenvalue weighted by molar-refractivity contribution is 9.11. The molecule has 0 fully saturated rings. The van der Waals surface area contributed by atoms with Gasteiger partial charge in [-0.15, -0.1) is 0 Å². The van der Waals surface area contributed by atoms with Crippen LogP contribution in [0, 0.1) is 11.3 Å². The number of nitriles is 1. The van der Waals surface area contributed by atoms with Crippen LogP contribution >= 0.6 is 31.9 Å². The summed E-state index contributed by atoms with van der Waals surface area (Å²) >= 11 is 6.36. The summed E-state index contributed by atoms with van der Waals surface area (Å²) < 4.78 is 0.971. The molecular weight excluding hydrogens is 382 g/mol. The van der Waals surface area contributed by atoms with E-state index in [0.29, 0.717) is 8.95 Å². The van der Waals surface area contributed by atoms with Crippen LogP contribution in [0.2, 0.25) is 0 Å². The lowest BCUT2D eigenvalue weighted by Gasteiger charge is -2.08. The highest BCUT2D eigenvalue weighted by atomic mass is 79.9. The third kappa shape index (κ3) is 2.47. The van der Waals surface area contributed by atoms with E-state index in [1.165, 1.54) is 6.07 Å². The Hall–Kier alpha value is -1.85. The van der Waals surface area contributed by atoms with Crippen molar-refractivity contribution in [3.05, 3.63) is 47.5 Å². The highest BCUT2D eigenvalue weighted by Crippen LogP contribution is 2.37. The molecule has 0 saturated heterocycles. The molecule has 0 atom stereocenters. The van der Waals surface area contributed by atoms with Crippen molar-refractivity contribution in [1.29, 1.82) is 5.26 Å².